The fourth-order valence-corrected chi connectivity index (χ4v) is 3.89. The molecule has 0 aliphatic carbocycles. The molecule has 0 saturated heterocycles. The van der Waals surface area contributed by atoms with Gasteiger partial charge in [0, 0.05) is 35.1 Å². The van der Waals surface area contributed by atoms with Crippen LogP contribution in [0.1, 0.15) is 31.8 Å². The molecule has 5 rings (SSSR count). The molecule has 8 nitrogen and oxygen atoms in total. The summed E-state index contributed by atoms with van der Waals surface area (Å²) in [6.07, 6.45) is 1.86. The second-order valence-electron chi connectivity index (χ2n) is 8.56. The van der Waals surface area contributed by atoms with Crippen LogP contribution in [0.15, 0.2) is 85.1 Å². The van der Waals surface area contributed by atoms with Gasteiger partial charge in [-0.25, -0.2) is 8.91 Å². The Morgan fingerprint density at radius 2 is 1.62 bits per heavy atom. The molecule has 5 aromatic rings. The number of aryl methyl sites for hydroxylation is 1. The molecule has 37 heavy (non-hydrogen) atoms. The van der Waals surface area contributed by atoms with E-state index in [-0.39, 0.29) is 11.7 Å². The maximum Gasteiger partial charge on any atom is 0.251 e. The molecule has 4 N–H and O–H groups in total. The largest absolute Gasteiger partial charge is 0.366 e. The molecule has 0 radical (unpaired) electrons. The fourth-order valence-electron chi connectivity index (χ4n) is 3.89. The van der Waals surface area contributed by atoms with E-state index in [1.165, 1.54) is 12.1 Å². The maximum atomic E-state index is 13.0. The van der Waals surface area contributed by atoms with Gasteiger partial charge in [-0.05, 0) is 78.2 Å². The smallest absolute Gasteiger partial charge is 0.251 e. The molecular weight excluding hydrogens is 471 g/mol. The molecule has 3 aromatic carbocycles. The van der Waals surface area contributed by atoms with Crippen LogP contribution in [0.25, 0.3) is 16.8 Å². The number of rotatable bonds is 7. The normalized spacial score (nSPS) is 10.9. The number of nitrogens with one attached hydrogen (secondary N) is 2. The number of aromatic nitrogens is 3. The molecule has 0 bridgehead atoms. The van der Waals surface area contributed by atoms with E-state index in [4.69, 9.17) is 5.73 Å². The van der Waals surface area contributed by atoms with Crippen molar-refractivity contribution >= 4 is 29.1 Å². The first-order valence-electron chi connectivity index (χ1n) is 11.5. The number of nitrogens with two attached hydrogens (primary N) is 1. The number of primary amides is 1. The van der Waals surface area contributed by atoms with Crippen LogP contribution in [0.2, 0.25) is 0 Å². The average molecular weight is 495 g/mol. The summed E-state index contributed by atoms with van der Waals surface area (Å²) in [4.78, 5) is 28.4. The molecule has 0 spiro atoms. The number of anilines is 2. The number of nitrogens with zero attached hydrogens (tertiary/aromatic N) is 3. The molecule has 0 fully saturated rings. The third kappa shape index (κ3) is 5.30. The standard InChI is InChI=1S/C28H23FN6O2/c1-17-14-21(26(30)36)8-12-24(17)32-28-33-25-13-9-22(16-35(25)34-28)19-4-6-20(7-5-19)27(37)31-15-18-2-10-23(29)11-3-18/h2-14,16H,15H2,1H3,(H2,30,36)(H,31,37)(H,32,34). The summed E-state index contributed by atoms with van der Waals surface area (Å²) < 4.78 is 14.7. The van der Waals surface area contributed by atoms with E-state index in [1.54, 1.807) is 47.0 Å². The van der Waals surface area contributed by atoms with Crippen LogP contribution in [-0.4, -0.2) is 26.4 Å². The number of hydrogen-bond donors (Lipinski definition) is 3. The van der Waals surface area contributed by atoms with Gasteiger partial charge in [-0.3, -0.25) is 9.59 Å². The minimum absolute atomic E-state index is 0.211. The third-order valence-electron chi connectivity index (χ3n) is 5.94. The lowest BCUT2D eigenvalue weighted by Gasteiger charge is -2.07. The molecule has 0 unspecified atom stereocenters. The van der Waals surface area contributed by atoms with Gasteiger partial charge in [0.05, 0.1) is 0 Å². The number of carbonyl (C=O) groups is 2. The predicted molar refractivity (Wildman–Crippen MR) is 139 cm³/mol. The van der Waals surface area contributed by atoms with Gasteiger partial charge in [0.2, 0.25) is 11.9 Å². The van der Waals surface area contributed by atoms with E-state index in [0.29, 0.717) is 29.3 Å². The number of halogens is 1. The average Bonchev–Trinajstić information content (AvgIpc) is 3.31. The molecule has 2 heterocycles. The van der Waals surface area contributed by atoms with Gasteiger partial charge in [0.1, 0.15) is 5.82 Å². The Hall–Kier alpha value is -5.05. The first-order valence-corrected chi connectivity index (χ1v) is 11.5. The van der Waals surface area contributed by atoms with E-state index in [0.717, 1.165) is 27.9 Å². The van der Waals surface area contributed by atoms with Crippen molar-refractivity contribution in [2.45, 2.75) is 13.5 Å². The topological polar surface area (TPSA) is 114 Å². The highest BCUT2D eigenvalue weighted by Crippen LogP contribution is 2.23. The number of carbonyl (C=O) groups excluding carboxylic acids is 2. The molecule has 2 amide bonds. The zero-order valence-corrected chi connectivity index (χ0v) is 19.9. The Morgan fingerprint density at radius 3 is 2.32 bits per heavy atom. The summed E-state index contributed by atoms with van der Waals surface area (Å²) >= 11 is 0. The maximum absolute atomic E-state index is 13.0. The highest BCUT2D eigenvalue weighted by Gasteiger charge is 2.10. The lowest BCUT2D eigenvalue weighted by Crippen LogP contribution is -2.22. The molecule has 0 aliphatic heterocycles. The molecular formula is C28H23FN6O2. The van der Waals surface area contributed by atoms with Crippen molar-refractivity contribution in [1.29, 1.82) is 0 Å². The Balaban J connectivity index is 1.28. The van der Waals surface area contributed by atoms with Crippen LogP contribution in [0.4, 0.5) is 16.0 Å². The SMILES string of the molecule is Cc1cc(C(N)=O)ccc1Nc1nc2ccc(-c3ccc(C(=O)NCc4ccc(F)cc4)cc3)cn2n1. The zero-order valence-electron chi connectivity index (χ0n) is 19.9. The van der Waals surface area contributed by atoms with Crippen LogP contribution >= 0.6 is 0 Å². The van der Waals surface area contributed by atoms with Crippen LogP contribution in [-0.2, 0) is 6.54 Å². The minimum Gasteiger partial charge on any atom is -0.366 e. The minimum atomic E-state index is -0.480. The second-order valence-corrected chi connectivity index (χ2v) is 8.56. The lowest BCUT2D eigenvalue weighted by molar-refractivity contribution is 0.0949. The van der Waals surface area contributed by atoms with Gasteiger partial charge in [-0.1, -0.05) is 24.3 Å². The molecule has 2 aromatic heterocycles. The molecule has 0 aliphatic rings. The molecule has 184 valence electrons. The first-order chi connectivity index (χ1) is 17.9. The lowest BCUT2D eigenvalue weighted by atomic mass is 10.1. The fraction of sp³-hybridized carbons (Fsp3) is 0.0714. The van der Waals surface area contributed by atoms with Crippen molar-refractivity contribution in [2.75, 3.05) is 5.32 Å². The number of fused-ring (bicyclic) bond motifs is 1. The molecule has 9 heteroatoms. The summed E-state index contributed by atoms with van der Waals surface area (Å²) in [6.45, 7) is 2.18. The highest BCUT2D eigenvalue weighted by molar-refractivity contribution is 5.95. The number of amides is 2. The summed E-state index contributed by atoms with van der Waals surface area (Å²) in [5.41, 5.74) is 11.2. The monoisotopic (exact) mass is 494 g/mol. The van der Waals surface area contributed by atoms with Crippen molar-refractivity contribution < 1.29 is 14.0 Å². The van der Waals surface area contributed by atoms with Crippen molar-refractivity contribution in [3.8, 4) is 11.1 Å². The van der Waals surface area contributed by atoms with Crippen molar-refractivity contribution in [1.82, 2.24) is 19.9 Å². The van der Waals surface area contributed by atoms with Gasteiger partial charge >= 0.3 is 0 Å². The number of hydrogen-bond acceptors (Lipinski definition) is 5. The van der Waals surface area contributed by atoms with Crippen molar-refractivity contribution in [2.24, 2.45) is 5.73 Å². The van der Waals surface area contributed by atoms with Gasteiger partial charge in [-0.2, -0.15) is 4.98 Å². The quantitative estimate of drug-likeness (QED) is 0.306. The van der Waals surface area contributed by atoms with E-state index in [9.17, 15) is 14.0 Å². The first kappa shape index (κ1) is 23.7. The Labute approximate surface area is 212 Å². The summed E-state index contributed by atoms with van der Waals surface area (Å²) in [6, 6.07) is 22.2. The van der Waals surface area contributed by atoms with E-state index >= 15 is 0 Å². The number of pyridine rings is 1. The zero-order chi connectivity index (χ0) is 25.9. The van der Waals surface area contributed by atoms with E-state index < -0.39 is 5.91 Å². The van der Waals surface area contributed by atoms with Crippen LogP contribution in [0, 0.1) is 12.7 Å². The Bertz CT molecular complexity index is 1610. The van der Waals surface area contributed by atoms with Gasteiger partial charge in [0.15, 0.2) is 5.65 Å². The van der Waals surface area contributed by atoms with Gasteiger partial charge < -0.3 is 16.4 Å². The van der Waals surface area contributed by atoms with Crippen LogP contribution < -0.4 is 16.4 Å². The van der Waals surface area contributed by atoms with E-state index in [1.807, 2.05) is 37.4 Å². The highest BCUT2D eigenvalue weighted by atomic mass is 19.1. The van der Waals surface area contributed by atoms with Crippen molar-refractivity contribution in [3.05, 3.63) is 113 Å². The number of benzene rings is 3. The third-order valence-corrected chi connectivity index (χ3v) is 5.94. The van der Waals surface area contributed by atoms with Crippen LogP contribution in [0.3, 0.4) is 0 Å². The van der Waals surface area contributed by atoms with Gasteiger partial charge in [-0.15, -0.1) is 5.10 Å². The predicted octanol–water partition coefficient (Wildman–Crippen LogP) is 4.62. The Morgan fingerprint density at radius 1 is 0.919 bits per heavy atom. The van der Waals surface area contributed by atoms with E-state index in [2.05, 4.69) is 20.7 Å². The second kappa shape index (κ2) is 9.90. The van der Waals surface area contributed by atoms with Crippen LogP contribution in [0.5, 0.6) is 0 Å². The molecule has 0 atom stereocenters. The summed E-state index contributed by atoms with van der Waals surface area (Å²) in [5.74, 6) is -0.585. The summed E-state index contributed by atoms with van der Waals surface area (Å²) in [7, 11) is 0. The Kier molecular flexibility index (Phi) is 6.34. The van der Waals surface area contributed by atoms with Crippen molar-refractivity contribution in [3.63, 3.8) is 0 Å². The molecule has 0 saturated carbocycles. The van der Waals surface area contributed by atoms with Gasteiger partial charge in [0.25, 0.3) is 5.91 Å². The summed E-state index contributed by atoms with van der Waals surface area (Å²) in [5, 5.41) is 10.5.